The molecule has 0 saturated heterocycles. The number of aryl methyl sites for hydroxylation is 1. The summed E-state index contributed by atoms with van der Waals surface area (Å²) in [5.41, 5.74) is 1.73. The summed E-state index contributed by atoms with van der Waals surface area (Å²) in [6, 6.07) is 9.06. The van der Waals surface area contributed by atoms with Gasteiger partial charge in [-0.05, 0) is 55.5 Å². The first-order valence-electron chi connectivity index (χ1n) is 8.85. The zero-order valence-electron chi connectivity index (χ0n) is 16.0. The van der Waals surface area contributed by atoms with Crippen LogP contribution in [0.15, 0.2) is 48.5 Å². The second-order valence-electron chi connectivity index (χ2n) is 6.29. The van der Waals surface area contributed by atoms with Gasteiger partial charge in [-0.15, -0.1) is 0 Å². The van der Waals surface area contributed by atoms with Crippen molar-refractivity contribution in [3.8, 4) is 5.69 Å². The van der Waals surface area contributed by atoms with E-state index in [1.807, 2.05) is 0 Å². The van der Waals surface area contributed by atoms with Crippen molar-refractivity contribution >= 4 is 46.8 Å². The monoisotopic (exact) mass is 465 g/mol. The molecule has 0 aliphatic rings. The molecule has 3 aromatic rings. The first-order valence-corrected chi connectivity index (χ1v) is 9.61. The Hall–Kier alpha value is -3.23. The summed E-state index contributed by atoms with van der Waals surface area (Å²) in [7, 11) is 0. The van der Waals surface area contributed by atoms with Gasteiger partial charge in [-0.1, -0.05) is 23.2 Å². The minimum atomic E-state index is -0.787. The number of hydrogen-bond donors (Lipinski definition) is 1. The molecular formula is C21H15Cl2F2N3O3. The number of halogens is 4. The molecule has 0 fully saturated rings. The van der Waals surface area contributed by atoms with Crippen LogP contribution in [-0.2, 0) is 14.3 Å². The van der Waals surface area contributed by atoms with E-state index in [0.717, 1.165) is 18.2 Å². The molecule has 3 rings (SSSR count). The molecule has 0 bridgehead atoms. The topological polar surface area (TPSA) is 73.2 Å². The number of hydrogen-bond acceptors (Lipinski definition) is 4. The molecular weight excluding hydrogens is 451 g/mol. The smallest absolute Gasteiger partial charge is 0.331 e. The fourth-order valence-electron chi connectivity index (χ4n) is 2.57. The van der Waals surface area contributed by atoms with Gasteiger partial charge in [-0.2, -0.15) is 5.10 Å². The van der Waals surface area contributed by atoms with Crippen LogP contribution in [0.1, 0.15) is 11.3 Å². The van der Waals surface area contributed by atoms with E-state index < -0.39 is 30.1 Å². The highest BCUT2D eigenvalue weighted by Crippen LogP contribution is 2.25. The van der Waals surface area contributed by atoms with E-state index in [-0.39, 0.29) is 15.9 Å². The van der Waals surface area contributed by atoms with Crippen molar-refractivity contribution in [3.63, 3.8) is 0 Å². The molecule has 6 nitrogen and oxygen atoms in total. The number of nitrogens with one attached hydrogen (secondary N) is 1. The maximum atomic E-state index is 13.1. The second kappa shape index (κ2) is 9.72. The molecule has 0 radical (unpaired) electrons. The molecule has 1 N–H and O–H groups in total. The van der Waals surface area contributed by atoms with Crippen molar-refractivity contribution in [3.05, 3.63) is 81.6 Å². The van der Waals surface area contributed by atoms with Crippen molar-refractivity contribution in [2.45, 2.75) is 6.92 Å². The van der Waals surface area contributed by atoms with Gasteiger partial charge in [0.25, 0.3) is 5.91 Å². The Morgan fingerprint density at radius 1 is 1.13 bits per heavy atom. The van der Waals surface area contributed by atoms with E-state index in [1.54, 1.807) is 6.92 Å². The van der Waals surface area contributed by atoms with Gasteiger partial charge in [0.2, 0.25) is 0 Å². The first kappa shape index (κ1) is 22.5. The molecule has 160 valence electrons. The number of aromatic nitrogens is 2. The van der Waals surface area contributed by atoms with Crippen LogP contribution < -0.4 is 5.32 Å². The molecule has 10 heteroatoms. The summed E-state index contributed by atoms with van der Waals surface area (Å²) >= 11 is 12.2. The van der Waals surface area contributed by atoms with Crippen molar-refractivity contribution in [1.29, 1.82) is 0 Å². The average molecular weight is 466 g/mol. The van der Waals surface area contributed by atoms with Crippen molar-refractivity contribution in [1.82, 2.24) is 9.78 Å². The number of anilines is 1. The van der Waals surface area contributed by atoms with E-state index in [0.29, 0.717) is 16.9 Å². The van der Waals surface area contributed by atoms with Crippen molar-refractivity contribution in [2.75, 3.05) is 11.9 Å². The maximum absolute atomic E-state index is 13.1. The van der Waals surface area contributed by atoms with Gasteiger partial charge < -0.3 is 10.1 Å². The zero-order chi connectivity index (χ0) is 22.5. The minimum absolute atomic E-state index is 0.0165. The van der Waals surface area contributed by atoms with Crippen LogP contribution in [0.3, 0.4) is 0 Å². The van der Waals surface area contributed by atoms with E-state index in [9.17, 15) is 18.4 Å². The number of esters is 1. The van der Waals surface area contributed by atoms with Crippen LogP contribution in [0.25, 0.3) is 11.8 Å². The Bertz CT molecular complexity index is 1160. The van der Waals surface area contributed by atoms with Gasteiger partial charge in [0.05, 0.1) is 22.1 Å². The molecule has 0 atom stereocenters. The first-order chi connectivity index (χ1) is 14.7. The highest BCUT2D eigenvalue weighted by atomic mass is 35.5. The highest BCUT2D eigenvalue weighted by molar-refractivity contribution is 6.33. The van der Waals surface area contributed by atoms with E-state index >= 15 is 0 Å². The van der Waals surface area contributed by atoms with Gasteiger partial charge in [0.1, 0.15) is 16.8 Å². The van der Waals surface area contributed by atoms with Crippen LogP contribution in [0.5, 0.6) is 0 Å². The normalized spacial score (nSPS) is 11.0. The lowest BCUT2D eigenvalue weighted by molar-refractivity contribution is -0.142. The maximum Gasteiger partial charge on any atom is 0.331 e. The average Bonchev–Trinajstić information content (AvgIpc) is 3.01. The van der Waals surface area contributed by atoms with Gasteiger partial charge in [-0.25, -0.2) is 18.3 Å². The molecule has 0 aliphatic carbocycles. The van der Waals surface area contributed by atoms with Gasteiger partial charge in [-0.3, -0.25) is 4.79 Å². The van der Waals surface area contributed by atoms with E-state index in [4.69, 9.17) is 27.9 Å². The standard InChI is InChI=1S/C21H15Cl2F2N3O3/c1-12-16(21(23)28(27-12)15-5-2-13(24)3-6-15)7-9-20(30)31-11-19(29)26-18-8-4-14(25)10-17(18)22/h2-10H,11H2,1H3,(H,26,29)/b9-7+. The van der Waals surface area contributed by atoms with Gasteiger partial charge in [0, 0.05) is 11.6 Å². The summed E-state index contributed by atoms with van der Waals surface area (Å²) in [6.45, 7) is 1.12. The second-order valence-corrected chi connectivity index (χ2v) is 7.06. The Balaban J connectivity index is 1.61. The highest BCUT2D eigenvalue weighted by Gasteiger charge is 2.14. The number of rotatable bonds is 6. The zero-order valence-corrected chi connectivity index (χ0v) is 17.5. The number of nitrogens with zero attached hydrogens (tertiary/aromatic N) is 2. The Labute approximate surface area is 186 Å². The van der Waals surface area contributed by atoms with Crippen molar-refractivity contribution < 1.29 is 23.1 Å². The van der Waals surface area contributed by atoms with E-state index in [1.165, 1.54) is 41.1 Å². The van der Waals surface area contributed by atoms with Crippen LogP contribution in [0, 0.1) is 18.6 Å². The molecule has 31 heavy (non-hydrogen) atoms. The summed E-state index contributed by atoms with van der Waals surface area (Å²) in [6.07, 6.45) is 2.50. The lowest BCUT2D eigenvalue weighted by Gasteiger charge is -2.07. The molecule has 0 unspecified atom stereocenters. The lowest BCUT2D eigenvalue weighted by atomic mass is 10.2. The SMILES string of the molecule is Cc1nn(-c2ccc(F)cc2)c(Cl)c1/C=C/C(=O)OCC(=O)Nc1ccc(F)cc1Cl. The quantitative estimate of drug-likeness (QED) is 0.412. The van der Waals surface area contributed by atoms with Gasteiger partial charge in [0.15, 0.2) is 6.61 Å². The predicted octanol–water partition coefficient (Wildman–Crippen LogP) is 4.96. The fourth-order valence-corrected chi connectivity index (χ4v) is 3.12. The molecule has 0 aliphatic heterocycles. The number of ether oxygens (including phenoxy) is 1. The lowest BCUT2D eigenvalue weighted by Crippen LogP contribution is -2.20. The number of carbonyl (C=O) groups excluding carboxylic acids is 2. The Kier molecular flexibility index (Phi) is 7.04. The van der Waals surface area contributed by atoms with Crippen LogP contribution in [0.2, 0.25) is 10.2 Å². The third kappa shape index (κ3) is 5.68. The van der Waals surface area contributed by atoms with Crippen LogP contribution in [-0.4, -0.2) is 28.3 Å². The molecule has 1 heterocycles. The summed E-state index contributed by atoms with van der Waals surface area (Å²) in [4.78, 5) is 23.8. The third-order valence-electron chi connectivity index (χ3n) is 4.06. The summed E-state index contributed by atoms with van der Waals surface area (Å²) < 4.78 is 32.4. The Morgan fingerprint density at radius 2 is 1.81 bits per heavy atom. The third-order valence-corrected chi connectivity index (χ3v) is 4.73. The Morgan fingerprint density at radius 3 is 2.48 bits per heavy atom. The fraction of sp³-hybridized carbons (Fsp3) is 0.0952. The molecule has 0 saturated carbocycles. The van der Waals surface area contributed by atoms with Gasteiger partial charge >= 0.3 is 5.97 Å². The number of amides is 1. The molecule has 1 aromatic heterocycles. The molecule has 2 aromatic carbocycles. The molecule has 0 spiro atoms. The van der Waals surface area contributed by atoms with Crippen LogP contribution >= 0.6 is 23.2 Å². The van der Waals surface area contributed by atoms with Crippen molar-refractivity contribution in [2.24, 2.45) is 0 Å². The minimum Gasteiger partial charge on any atom is -0.452 e. The number of benzene rings is 2. The summed E-state index contributed by atoms with van der Waals surface area (Å²) in [5, 5.41) is 6.93. The van der Waals surface area contributed by atoms with E-state index in [2.05, 4.69) is 10.4 Å². The summed E-state index contributed by atoms with van der Waals surface area (Å²) in [5.74, 6) is -2.37. The van der Waals surface area contributed by atoms with Crippen LogP contribution in [0.4, 0.5) is 14.5 Å². The predicted molar refractivity (Wildman–Crippen MR) is 113 cm³/mol. The number of carbonyl (C=O) groups is 2. The largest absolute Gasteiger partial charge is 0.452 e. The molecule has 1 amide bonds.